The van der Waals surface area contributed by atoms with Crippen LogP contribution in [0.1, 0.15) is 11.1 Å². The topological polar surface area (TPSA) is 52.4 Å². The van der Waals surface area contributed by atoms with Crippen molar-refractivity contribution >= 4 is 17.8 Å². The van der Waals surface area contributed by atoms with E-state index in [2.05, 4.69) is 0 Å². The van der Waals surface area contributed by atoms with Crippen molar-refractivity contribution in [2.24, 2.45) is 0 Å². The highest BCUT2D eigenvalue weighted by Gasteiger charge is 2.04. The highest BCUT2D eigenvalue weighted by Crippen LogP contribution is 2.23. The molecule has 0 atom stereocenters. The molecule has 0 heterocycles. The van der Waals surface area contributed by atoms with E-state index in [1.165, 1.54) is 12.1 Å². The highest BCUT2D eigenvalue weighted by molar-refractivity contribution is 5.72. The normalized spacial score (nSPS) is 10.8. The Bertz CT molecular complexity index is 880. The summed E-state index contributed by atoms with van der Waals surface area (Å²) in [7, 11) is 1.65. The van der Waals surface area contributed by atoms with Crippen LogP contribution >= 0.6 is 0 Å². The van der Waals surface area contributed by atoms with Gasteiger partial charge in [-0.2, -0.15) is 0 Å². The monoisotopic (exact) mass is 331 g/mol. The van der Waals surface area contributed by atoms with Crippen LogP contribution in [0.25, 0.3) is 23.3 Å². The molecule has 4 nitrogen and oxygen atoms in total. The lowest BCUT2D eigenvalue weighted by molar-refractivity contribution is -0.384. The molecule has 0 aliphatic heterocycles. The summed E-state index contributed by atoms with van der Waals surface area (Å²) in [6.07, 6.45) is 4.09. The number of non-ortho nitro benzene ring substituents is 1. The van der Waals surface area contributed by atoms with Gasteiger partial charge in [-0.1, -0.05) is 48.6 Å². The first-order chi connectivity index (χ1) is 12.2. The molecule has 0 spiro atoms. The number of ether oxygens (including phenoxy) is 1. The van der Waals surface area contributed by atoms with Gasteiger partial charge in [0.1, 0.15) is 5.75 Å². The summed E-state index contributed by atoms with van der Waals surface area (Å²) < 4.78 is 5.15. The van der Waals surface area contributed by atoms with Crippen molar-refractivity contribution < 1.29 is 9.66 Å². The Balaban J connectivity index is 1.72. The van der Waals surface area contributed by atoms with Gasteiger partial charge in [0.05, 0.1) is 12.0 Å². The highest BCUT2D eigenvalue weighted by atomic mass is 16.6. The summed E-state index contributed by atoms with van der Waals surface area (Å²) in [5.41, 5.74) is 4.26. The summed E-state index contributed by atoms with van der Waals surface area (Å²) in [5.74, 6) is 0.838. The second-order valence-corrected chi connectivity index (χ2v) is 5.53. The molecular formula is C21H17NO3. The molecular weight excluding hydrogens is 314 g/mol. The number of nitro benzene ring substituents is 1. The van der Waals surface area contributed by atoms with E-state index in [0.717, 1.165) is 28.0 Å². The van der Waals surface area contributed by atoms with Gasteiger partial charge in [0, 0.05) is 12.1 Å². The Morgan fingerprint density at radius 3 is 1.64 bits per heavy atom. The minimum Gasteiger partial charge on any atom is -0.497 e. The van der Waals surface area contributed by atoms with Crippen LogP contribution in [-0.4, -0.2) is 12.0 Å². The van der Waals surface area contributed by atoms with E-state index in [1.54, 1.807) is 19.2 Å². The molecule has 0 saturated heterocycles. The largest absolute Gasteiger partial charge is 0.497 e. The van der Waals surface area contributed by atoms with Crippen LogP contribution in [0, 0.1) is 10.1 Å². The molecule has 0 fully saturated rings. The summed E-state index contributed by atoms with van der Waals surface area (Å²) in [4.78, 5) is 10.3. The minimum atomic E-state index is -0.392. The van der Waals surface area contributed by atoms with Gasteiger partial charge >= 0.3 is 0 Å². The molecule has 3 aromatic rings. The van der Waals surface area contributed by atoms with Crippen molar-refractivity contribution in [3.8, 4) is 16.9 Å². The number of hydrogen-bond acceptors (Lipinski definition) is 3. The number of rotatable bonds is 5. The van der Waals surface area contributed by atoms with E-state index in [0.29, 0.717) is 0 Å². The number of nitro groups is 1. The molecule has 0 radical (unpaired) electrons. The molecule has 3 aromatic carbocycles. The molecule has 4 heteroatoms. The molecule has 0 aliphatic rings. The standard InChI is InChI=1S/C21H17NO3/c1-25-21-14-6-17(7-15-21)3-2-16-4-8-18(9-5-16)19-10-12-20(13-11-19)22(23)24/h2-15H,1H3/b3-2+. The molecule has 0 aliphatic carbocycles. The van der Waals surface area contributed by atoms with Crippen LogP contribution in [0.5, 0.6) is 5.75 Å². The first-order valence-electron chi connectivity index (χ1n) is 7.83. The lowest BCUT2D eigenvalue weighted by Gasteiger charge is -2.02. The summed E-state index contributed by atoms with van der Waals surface area (Å²) in [6, 6.07) is 22.5. The Hall–Kier alpha value is -3.40. The number of benzene rings is 3. The predicted molar refractivity (Wildman–Crippen MR) is 100 cm³/mol. The molecule has 0 aromatic heterocycles. The van der Waals surface area contributed by atoms with Crippen molar-refractivity contribution in [3.63, 3.8) is 0 Å². The van der Waals surface area contributed by atoms with Gasteiger partial charge in [-0.3, -0.25) is 10.1 Å². The SMILES string of the molecule is COc1ccc(/C=C/c2ccc(-c3ccc([N+](=O)[O-])cc3)cc2)cc1. The van der Waals surface area contributed by atoms with E-state index >= 15 is 0 Å². The van der Waals surface area contributed by atoms with Gasteiger partial charge in [-0.15, -0.1) is 0 Å². The molecule has 0 saturated carbocycles. The number of methoxy groups -OCH3 is 1. The lowest BCUT2D eigenvalue weighted by Crippen LogP contribution is -1.87. The van der Waals surface area contributed by atoms with Gasteiger partial charge in [0.25, 0.3) is 5.69 Å². The zero-order chi connectivity index (χ0) is 17.6. The van der Waals surface area contributed by atoms with Crippen LogP contribution in [-0.2, 0) is 0 Å². The quantitative estimate of drug-likeness (QED) is 0.355. The molecule has 0 N–H and O–H groups in total. The second kappa shape index (κ2) is 7.45. The molecule has 0 bridgehead atoms. The number of hydrogen-bond donors (Lipinski definition) is 0. The molecule has 25 heavy (non-hydrogen) atoms. The molecule has 124 valence electrons. The predicted octanol–water partition coefficient (Wildman–Crippen LogP) is 5.44. The molecule has 0 unspecified atom stereocenters. The van der Waals surface area contributed by atoms with Crippen LogP contribution in [0.15, 0.2) is 72.8 Å². The van der Waals surface area contributed by atoms with Gasteiger partial charge in [-0.05, 0) is 46.5 Å². The van der Waals surface area contributed by atoms with E-state index in [4.69, 9.17) is 4.74 Å². The molecule has 0 amide bonds. The fourth-order valence-corrected chi connectivity index (χ4v) is 2.47. The third kappa shape index (κ3) is 4.12. The van der Waals surface area contributed by atoms with Gasteiger partial charge in [-0.25, -0.2) is 0 Å². The van der Waals surface area contributed by atoms with Crippen molar-refractivity contribution in [1.29, 1.82) is 0 Å². The fraction of sp³-hybridized carbons (Fsp3) is 0.0476. The average molecular weight is 331 g/mol. The van der Waals surface area contributed by atoms with Crippen LogP contribution < -0.4 is 4.74 Å². The fourth-order valence-electron chi connectivity index (χ4n) is 2.47. The van der Waals surface area contributed by atoms with Gasteiger partial charge < -0.3 is 4.74 Å². The van der Waals surface area contributed by atoms with Crippen molar-refractivity contribution in [3.05, 3.63) is 94.0 Å². The Morgan fingerprint density at radius 1 is 0.760 bits per heavy atom. The first-order valence-corrected chi connectivity index (χ1v) is 7.83. The van der Waals surface area contributed by atoms with E-state index in [-0.39, 0.29) is 5.69 Å². The third-order valence-corrected chi connectivity index (χ3v) is 3.91. The van der Waals surface area contributed by atoms with Gasteiger partial charge in [0.2, 0.25) is 0 Å². The zero-order valence-corrected chi connectivity index (χ0v) is 13.8. The van der Waals surface area contributed by atoms with Gasteiger partial charge in [0.15, 0.2) is 0 Å². The van der Waals surface area contributed by atoms with Crippen molar-refractivity contribution in [1.82, 2.24) is 0 Å². The smallest absolute Gasteiger partial charge is 0.269 e. The average Bonchev–Trinajstić information content (AvgIpc) is 2.67. The van der Waals surface area contributed by atoms with E-state index in [9.17, 15) is 10.1 Å². The van der Waals surface area contributed by atoms with Crippen molar-refractivity contribution in [2.45, 2.75) is 0 Å². The van der Waals surface area contributed by atoms with Crippen molar-refractivity contribution in [2.75, 3.05) is 7.11 Å². The Labute approximate surface area is 146 Å². The second-order valence-electron chi connectivity index (χ2n) is 5.53. The maximum Gasteiger partial charge on any atom is 0.269 e. The number of nitrogens with zero attached hydrogens (tertiary/aromatic N) is 1. The van der Waals surface area contributed by atoms with E-state index in [1.807, 2.05) is 60.7 Å². The lowest BCUT2D eigenvalue weighted by atomic mass is 10.0. The van der Waals surface area contributed by atoms with Crippen LogP contribution in [0.3, 0.4) is 0 Å². The zero-order valence-electron chi connectivity index (χ0n) is 13.8. The third-order valence-electron chi connectivity index (χ3n) is 3.91. The summed E-state index contributed by atoms with van der Waals surface area (Å²) >= 11 is 0. The van der Waals surface area contributed by atoms with Crippen LogP contribution in [0.2, 0.25) is 0 Å². The maximum absolute atomic E-state index is 10.7. The van der Waals surface area contributed by atoms with E-state index < -0.39 is 4.92 Å². The Kier molecular flexibility index (Phi) is 4.90. The summed E-state index contributed by atoms with van der Waals surface area (Å²) in [6.45, 7) is 0. The maximum atomic E-state index is 10.7. The minimum absolute atomic E-state index is 0.0998. The first kappa shape index (κ1) is 16.5. The molecule has 3 rings (SSSR count). The van der Waals surface area contributed by atoms with Crippen LogP contribution in [0.4, 0.5) is 5.69 Å². The summed E-state index contributed by atoms with van der Waals surface area (Å²) in [5, 5.41) is 10.7. The Morgan fingerprint density at radius 2 is 1.20 bits per heavy atom.